The smallest absolute Gasteiger partial charge is 0.192 e. The highest BCUT2D eigenvalue weighted by atomic mass is 28.4. The highest BCUT2D eigenvalue weighted by molar-refractivity contribution is 6.74. The predicted molar refractivity (Wildman–Crippen MR) is 133 cm³/mol. The molecule has 0 unspecified atom stereocenters. The summed E-state index contributed by atoms with van der Waals surface area (Å²) in [4.78, 5) is 25.5. The summed E-state index contributed by atoms with van der Waals surface area (Å²) < 4.78 is 6.14. The molecule has 0 amide bonds. The fourth-order valence-electron chi connectivity index (χ4n) is 7.41. The Bertz CT molecular complexity index is 947. The molecule has 0 spiro atoms. The molecule has 4 rings (SSSR count). The van der Waals surface area contributed by atoms with Crippen molar-refractivity contribution >= 4 is 19.9 Å². The van der Waals surface area contributed by atoms with E-state index < -0.39 is 42.7 Å². The third kappa shape index (κ3) is 3.49. The predicted octanol–water partition coefficient (Wildman–Crippen LogP) is 3.56. The highest BCUT2D eigenvalue weighted by Gasteiger charge is 2.71. The minimum Gasteiger partial charge on any atom is -0.409 e. The molecule has 3 fully saturated rings. The van der Waals surface area contributed by atoms with E-state index in [1.165, 1.54) is 0 Å². The van der Waals surface area contributed by atoms with Crippen LogP contribution in [0.1, 0.15) is 60.3 Å². The molecular formula is C27H42O6Si. The van der Waals surface area contributed by atoms with Gasteiger partial charge in [-0.25, -0.2) is 0 Å². The van der Waals surface area contributed by atoms with E-state index in [4.69, 9.17) is 4.43 Å². The summed E-state index contributed by atoms with van der Waals surface area (Å²) in [6.07, 6.45) is 5.33. The summed E-state index contributed by atoms with van der Waals surface area (Å²) in [6.45, 7) is 14.1. The van der Waals surface area contributed by atoms with Gasteiger partial charge in [0.15, 0.2) is 25.5 Å². The molecule has 0 heterocycles. The molecule has 0 aliphatic heterocycles. The first-order chi connectivity index (χ1) is 15.5. The first-order valence-electron chi connectivity index (χ1n) is 12.7. The molecule has 7 heteroatoms. The number of aliphatic hydroxyl groups is 3. The standard InChI is InChI=1S/C27H42O6Si/c1-24(2,3)34(6,7)33-15-22(31)27(32)21(30)13-19-18-9-8-16-12-17(28)10-11-25(16,4)23(18)20(29)14-26(19,27)5/h10-12,18-21,23,29-30,32H,8-9,13-15H2,1-7H3/t18-,19-,20-,21+,23+,25-,26-,27-/m0/s1. The van der Waals surface area contributed by atoms with Crippen LogP contribution in [-0.4, -0.2) is 59.6 Å². The molecule has 190 valence electrons. The van der Waals surface area contributed by atoms with Gasteiger partial charge < -0.3 is 19.7 Å². The van der Waals surface area contributed by atoms with Gasteiger partial charge in [-0.3, -0.25) is 9.59 Å². The van der Waals surface area contributed by atoms with Crippen LogP contribution in [-0.2, 0) is 14.0 Å². The Kier molecular flexibility index (Phi) is 6.06. The number of fused-ring (bicyclic) bond motifs is 5. The topological polar surface area (TPSA) is 104 Å². The van der Waals surface area contributed by atoms with Gasteiger partial charge in [0.1, 0.15) is 0 Å². The van der Waals surface area contributed by atoms with Gasteiger partial charge in [-0.15, -0.1) is 0 Å². The first kappa shape index (κ1) is 26.0. The van der Waals surface area contributed by atoms with E-state index in [2.05, 4.69) is 40.8 Å². The number of allylic oxidation sites excluding steroid dienone is 4. The molecule has 0 aromatic carbocycles. The van der Waals surface area contributed by atoms with E-state index in [-0.39, 0.29) is 41.6 Å². The van der Waals surface area contributed by atoms with Crippen LogP contribution in [0.5, 0.6) is 0 Å². The molecule has 4 aliphatic carbocycles. The summed E-state index contributed by atoms with van der Waals surface area (Å²) in [5, 5.41) is 34.4. The van der Waals surface area contributed by atoms with E-state index in [0.717, 1.165) is 18.4 Å². The number of hydrogen-bond acceptors (Lipinski definition) is 6. The zero-order chi connectivity index (χ0) is 25.5. The monoisotopic (exact) mass is 490 g/mol. The van der Waals surface area contributed by atoms with Crippen LogP contribution in [0.4, 0.5) is 0 Å². The number of ketones is 2. The number of Topliss-reactive ketones (excluding diaryl/α,β-unsaturated/α-hetero) is 1. The van der Waals surface area contributed by atoms with Crippen molar-refractivity contribution in [3.05, 3.63) is 23.8 Å². The maximum Gasteiger partial charge on any atom is 0.192 e. The molecule has 0 saturated heterocycles. The number of rotatable bonds is 4. The molecule has 6 nitrogen and oxygen atoms in total. The third-order valence-corrected chi connectivity index (χ3v) is 15.0. The van der Waals surface area contributed by atoms with Gasteiger partial charge in [-0.2, -0.15) is 0 Å². The number of hydrogen-bond donors (Lipinski definition) is 3. The van der Waals surface area contributed by atoms with Crippen molar-refractivity contribution in [2.24, 2.45) is 28.6 Å². The van der Waals surface area contributed by atoms with E-state index in [0.29, 0.717) is 6.42 Å². The van der Waals surface area contributed by atoms with Gasteiger partial charge >= 0.3 is 0 Å². The fraction of sp³-hybridized carbons (Fsp3) is 0.778. The van der Waals surface area contributed by atoms with E-state index in [1.807, 2.05) is 13.0 Å². The average Bonchev–Trinajstić information content (AvgIpc) is 2.92. The van der Waals surface area contributed by atoms with Crippen molar-refractivity contribution in [3.63, 3.8) is 0 Å². The summed E-state index contributed by atoms with van der Waals surface area (Å²) >= 11 is 0. The first-order valence-corrected chi connectivity index (χ1v) is 15.6. The lowest BCUT2D eigenvalue weighted by Gasteiger charge is -2.59. The van der Waals surface area contributed by atoms with Crippen molar-refractivity contribution in [1.29, 1.82) is 0 Å². The lowest BCUT2D eigenvalue weighted by atomic mass is 9.46. The van der Waals surface area contributed by atoms with Crippen molar-refractivity contribution in [1.82, 2.24) is 0 Å². The number of aliphatic hydroxyl groups excluding tert-OH is 2. The highest BCUT2D eigenvalue weighted by Crippen LogP contribution is 2.67. The normalized spacial score (nSPS) is 44.2. The minimum absolute atomic E-state index is 0.0148. The molecule has 0 aromatic heterocycles. The minimum atomic E-state index is -2.22. The third-order valence-electron chi connectivity index (χ3n) is 10.5. The number of carbonyl (C=O) groups excluding carboxylic acids is 2. The SMILES string of the molecule is CC(C)(C)[Si](C)(C)OCC(=O)[C@@]1(O)[C@H](O)C[C@H]2[C@@H]3CCC4=CC(=O)C=C[C@]4(C)[C@H]3[C@@H](O)C[C@@]21C. The van der Waals surface area contributed by atoms with Crippen LogP contribution in [0, 0.1) is 28.6 Å². The van der Waals surface area contributed by atoms with Gasteiger partial charge in [-0.05, 0) is 67.8 Å². The second-order valence-electron chi connectivity index (χ2n) is 13.2. The second kappa shape index (κ2) is 7.94. The molecule has 34 heavy (non-hydrogen) atoms. The maximum absolute atomic E-state index is 13.6. The Morgan fingerprint density at radius 3 is 2.50 bits per heavy atom. The van der Waals surface area contributed by atoms with Crippen molar-refractivity contribution in [3.8, 4) is 0 Å². The van der Waals surface area contributed by atoms with Crippen LogP contribution in [0.2, 0.25) is 18.1 Å². The molecule has 4 aliphatic rings. The van der Waals surface area contributed by atoms with Gasteiger partial charge in [0.25, 0.3) is 0 Å². The quantitative estimate of drug-likeness (QED) is 0.521. The van der Waals surface area contributed by atoms with Gasteiger partial charge in [0, 0.05) is 16.7 Å². The Morgan fingerprint density at radius 2 is 1.88 bits per heavy atom. The van der Waals surface area contributed by atoms with Crippen molar-refractivity contribution in [2.75, 3.05) is 6.61 Å². The van der Waals surface area contributed by atoms with Crippen LogP contribution in [0.3, 0.4) is 0 Å². The fourth-order valence-corrected chi connectivity index (χ4v) is 8.34. The summed E-state index contributed by atoms with van der Waals surface area (Å²) in [5.41, 5.74) is -2.29. The Labute approximate surface area is 204 Å². The second-order valence-corrected chi connectivity index (χ2v) is 18.0. The van der Waals surface area contributed by atoms with Crippen molar-refractivity contribution < 1.29 is 29.3 Å². The lowest BCUT2D eigenvalue weighted by molar-refractivity contribution is -0.190. The largest absolute Gasteiger partial charge is 0.409 e. The Balaban J connectivity index is 1.64. The van der Waals surface area contributed by atoms with E-state index >= 15 is 0 Å². The van der Waals surface area contributed by atoms with Gasteiger partial charge in [0.2, 0.25) is 0 Å². The van der Waals surface area contributed by atoms with Crippen LogP contribution in [0.15, 0.2) is 23.8 Å². The summed E-state index contributed by atoms with van der Waals surface area (Å²) in [7, 11) is -2.22. The molecular weight excluding hydrogens is 448 g/mol. The molecule has 0 radical (unpaired) electrons. The molecule has 3 saturated carbocycles. The molecule has 8 atom stereocenters. The molecule has 3 N–H and O–H groups in total. The molecule has 0 aromatic rings. The van der Waals surface area contributed by atoms with Crippen LogP contribution in [0.25, 0.3) is 0 Å². The number of carbonyl (C=O) groups is 2. The van der Waals surface area contributed by atoms with Gasteiger partial charge in [-0.1, -0.05) is 46.3 Å². The van der Waals surface area contributed by atoms with E-state index in [9.17, 15) is 24.9 Å². The average molecular weight is 491 g/mol. The summed E-state index contributed by atoms with van der Waals surface area (Å²) in [6, 6.07) is 0. The van der Waals surface area contributed by atoms with Gasteiger partial charge in [0.05, 0.1) is 18.8 Å². The maximum atomic E-state index is 13.6. The summed E-state index contributed by atoms with van der Waals surface area (Å²) in [5.74, 6) is -0.693. The Hall–Kier alpha value is -1.12. The lowest BCUT2D eigenvalue weighted by Crippen LogP contribution is -2.64. The molecule has 0 bridgehead atoms. The van der Waals surface area contributed by atoms with E-state index in [1.54, 1.807) is 12.2 Å². The van der Waals surface area contributed by atoms with Crippen molar-refractivity contribution in [2.45, 2.75) is 96.2 Å². The van der Waals surface area contributed by atoms with Crippen LogP contribution < -0.4 is 0 Å². The zero-order valence-electron chi connectivity index (χ0n) is 21.7. The zero-order valence-corrected chi connectivity index (χ0v) is 22.7. The van der Waals surface area contributed by atoms with Crippen LogP contribution >= 0.6 is 0 Å². The Morgan fingerprint density at radius 1 is 1.24 bits per heavy atom.